The maximum atomic E-state index is 12.2. The van der Waals surface area contributed by atoms with Crippen molar-refractivity contribution in [1.29, 1.82) is 0 Å². The predicted octanol–water partition coefficient (Wildman–Crippen LogP) is 1.98. The van der Waals surface area contributed by atoms with Crippen LogP contribution < -0.4 is 5.32 Å². The molecule has 1 aliphatic rings. The fraction of sp³-hybridized carbons (Fsp3) is 0.389. The fourth-order valence-electron chi connectivity index (χ4n) is 2.96. The lowest BCUT2D eigenvalue weighted by molar-refractivity contribution is -0.116. The van der Waals surface area contributed by atoms with E-state index in [-0.39, 0.29) is 11.5 Å². The fourth-order valence-corrected chi connectivity index (χ4v) is 2.96. The normalized spacial score (nSPS) is 15.2. The van der Waals surface area contributed by atoms with Crippen molar-refractivity contribution in [3.8, 4) is 0 Å². The van der Waals surface area contributed by atoms with Crippen molar-refractivity contribution in [2.45, 2.75) is 12.8 Å². The smallest absolute Gasteiger partial charge is 0.336 e. The largest absolute Gasteiger partial charge is 0.478 e. The molecule has 0 bridgehead atoms. The summed E-state index contributed by atoms with van der Waals surface area (Å²) in [5.74, 6) is -1.11. The van der Waals surface area contributed by atoms with Crippen molar-refractivity contribution >= 4 is 28.5 Å². The van der Waals surface area contributed by atoms with E-state index in [9.17, 15) is 14.7 Å². The Bertz CT molecular complexity index is 772. The van der Waals surface area contributed by atoms with Gasteiger partial charge in [0, 0.05) is 31.1 Å². The Labute approximate surface area is 145 Å². The molecule has 7 heteroatoms. The van der Waals surface area contributed by atoms with E-state index in [2.05, 4.69) is 15.2 Å². The molecule has 1 amide bonds. The van der Waals surface area contributed by atoms with Crippen LogP contribution in [0.15, 0.2) is 30.5 Å². The number of hydrogen-bond acceptors (Lipinski definition) is 5. The number of fused-ring (bicyclic) bond motifs is 1. The third-order valence-corrected chi connectivity index (χ3v) is 4.26. The van der Waals surface area contributed by atoms with Gasteiger partial charge in [0.05, 0.1) is 30.0 Å². The van der Waals surface area contributed by atoms with Gasteiger partial charge in [0.25, 0.3) is 0 Å². The number of para-hydroxylation sites is 1. The van der Waals surface area contributed by atoms with Crippen molar-refractivity contribution in [3.63, 3.8) is 0 Å². The van der Waals surface area contributed by atoms with Gasteiger partial charge in [0.2, 0.25) is 5.91 Å². The van der Waals surface area contributed by atoms with Gasteiger partial charge in [-0.2, -0.15) is 0 Å². The van der Waals surface area contributed by atoms with E-state index in [0.29, 0.717) is 23.0 Å². The molecule has 2 N–H and O–H groups in total. The number of pyridine rings is 1. The molecule has 132 valence electrons. The maximum Gasteiger partial charge on any atom is 0.336 e. The Balaban J connectivity index is 1.63. The number of benzene rings is 1. The lowest BCUT2D eigenvalue weighted by Gasteiger charge is -2.26. The highest BCUT2D eigenvalue weighted by Gasteiger charge is 2.14. The zero-order chi connectivity index (χ0) is 17.6. The molecular formula is C18H21N3O4. The van der Waals surface area contributed by atoms with Crippen molar-refractivity contribution in [2.24, 2.45) is 0 Å². The minimum Gasteiger partial charge on any atom is -0.478 e. The van der Waals surface area contributed by atoms with E-state index in [0.717, 1.165) is 39.3 Å². The van der Waals surface area contributed by atoms with Crippen LogP contribution in [-0.2, 0) is 9.53 Å². The van der Waals surface area contributed by atoms with Crippen LogP contribution in [0.3, 0.4) is 0 Å². The van der Waals surface area contributed by atoms with Crippen LogP contribution >= 0.6 is 0 Å². The van der Waals surface area contributed by atoms with Crippen molar-refractivity contribution in [2.75, 3.05) is 38.2 Å². The van der Waals surface area contributed by atoms with E-state index in [1.54, 1.807) is 18.2 Å². The molecule has 1 aromatic carbocycles. The summed E-state index contributed by atoms with van der Waals surface area (Å²) in [6.45, 7) is 4.19. The second-order valence-electron chi connectivity index (χ2n) is 5.97. The summed E-state index contributed by atoms with van der Waals surface area (Å²) in [4.78, 5) is 30.0. The highest BCUT2D eigenvalue weighted by atomic mass is 16.5. The summed E-state index contributed by atoms with van der Waals surface area (Å²) in [5, 5.41) is 12.6. The third-order valence-electron chi connectivity index (χ3n) is 4.26. The SMILES string of the molecule is O=C(CCCN1CCOCC1)Nc1cccc2c(C(=O)O)ccnc12. The Hall–Kier alpha value is -2.51. The first-order chi connectivity index (χ1) is 12.1. The number of ether oxygens (including phenoxy) is 1. The van der Waals surface area contributed by atoms with E-state index < -0.39 is 5.97 Å². The minimum absolute atomic E-state index is 0.0942. The summed E-state index contributed by atoms with van der Waals surface area (Å²) in [5.41, 5.74) is 1.20. The minimum atomic E-state index is -1.01. The molecule has 0 atom stereocenters. The van der Waals surface area contributed by atoms with Crippen LogP contribution in [0.1, 0.15) is 23.2 Å². The predicted molar refractivity (Wildman–Crippen MR) is 93.8 cm³/mol. The number of anilines is 1. The van der Waals surface area contributed by atoms with Crippen LogP contribution in [0.25, 0.3) is 10.9 Å². The highest BCUT2D eigenvalue weighted by Crippen LogP contribution is 2.24. The van der Waals surface area contributed by atoms with Gasteiger partial charge in [-0.3, -0.25) is 14.7 Å². The first kappa shape index (κ1) is 17.3. The standard InChI is InChI=1S/C18H21N3O4/c22-16(5-2-8-21-9-11-25-12-10-21)20-15-4-1-3-13-14(18(23)24)6-7-19-17(13)15/h1,3-4,6-7H,2,5,8-12H2,(H,20,22)(H,23,24). The molecule has 25 heavy (non-hydrogen) atoms. The number of morpholine rings is 1. The molecule has 1 fully saturated rings. The molecule has 3 rings (SSSR count). The number of carbonyl (C=O) groups excluding carboxylic acids is 1. The lowest BCUT2D eigenvalue weighted by atomic mass is 10.1. The lowest BCUT2D eigenvalue weighted by Crippen LogP contribution is -2.37. The Morgan fingerprint density at radius 1 is 1.24 bits per heavy atom. The van der Waals surface area contributed by atoms with Crippen molar-refractivity contribution in [1.82, 2.24) is 9.88 Å². The number of rotatable bonds is 6. The first-order valence-electron chi connectivity index (χ1n) is 8.36. The van der Waals surface area contributed by atoms with Gasteiger partial charge < -0.3 is 15.2 Å². The zero-order valence-corrected chi connectivity index (χ0v) is 13.9. The molecule has 2 heterocycles. The first-order valence-corrected chi connectivity index (χ1v) is 8.36. The van der Waals surface area contributed by atoms with Crippen LogP contribution in [0.4, 0.5) is 5.69 Å². The van der Waals surface area contributed by atoms with Crippen LogP contribution in [-0.4, -0.2) is 59.7 Å². The van der Waals surface area contributed by atoms with Crippen molar-refractivity contribution < 1.29 is 19.4 Å². The van der Waals surface area contributed by atoms with Gasteiger partial charge in [0.1, 0.15) is 0 Å². The summed E-state index contributed by atoms with van der Waals surface area (Å²) in [6.07, 6.45) is 2.62. The summed E-state index contributed by atoms with van der Waals surface area (Å²) in [7, 11) is 0. The number of carbonyl (C=O) groups is 2. The van der Waals surface area contributed by atoms with E-state index in [4.69, 9.17) is 4.74 Å². The van der Waals surface area contributed by atoms with Gasteiger partial charge in [-0.15, -0.1) is 0 Å². The van der Waals surface area contributed by atoms with Crippen molar-refractivity contribution in [3.05, 3.63) is 36.0 Å². The molecule has 1 aromatic heterocycles. The van der Waals surface area contributed by atoms with E-state index in [1.165, 1.54) is 12.3 Å². The summed E-state index contributed by atoms with van der Waals surface area (Å²) in [6, 6.07) is 6.61. The number of amides is 1. The summed E-state index contributed by atoms with van der Waals surface area (Å²) >= 11 is 0. The molecule has 0 radical (unpaired) electrons. The molecule has 2 aromatic rings. The number of hydrogen-bond donors (Lipinski definition) is 2. The zero-order valence-electron chi connectivity index (χ0n) is 13.9. The molecule has 7 nitrogen and oxygen atoms in total. The Morgan fingerprint density at radius 2 is 2.04 bits per heavy atom. The quantitative estimate of drug-likeness (QED) is 0.833. The molecule has 0 saturated carbocycles. The monoisotopic (exact) mass is 343 g/mol. The topological polar surface area (TPSA) is 91.8 Å². The Kier molecular flexibility index (Phi) is 5.57. The third kappa shape index (κ3) is 4.32. The number of nitrogens with zero attached hydrogens (tertiary/aromatic N) is 2. The number of carboxylic acids is 1. The number of nitrogens with one attached hydrogen (secondary N) is 1. The van der Waals surface area contributed by atoms with E-state index in [1.807, 2.05) is 0 Å². The molecule has 0 unspecified atom stereocenters. The van der Waals surface area contributed by atoms with Gasteiger partial charge >= 0.3 is 5.97 Å². The number of aromatic nitrogens is 1. The maximum absolute atomic E-state index is 12.2. The van der Waals surface area contributed by atoms with Gasteiger partial charge in [-0.25, -0.2) is 4.79 Å². The molecule has 1 saturated heterocycles. The van der Waals surface area contributed by atoms with E-state index >= 15 is 0 Å². The molecule has 0 aliphatic carbocycles. The summed E-state index contributed by atoms with van der Waals surface area (Å²) < 4.78 is 5.30. The number of carboxylic acid groups (broad SMARTS) is 1. The van der Waals surface area contributed by atoms with Crippen LogP contribution in [0.5, 0.6) is 0 Å². The van der Waals surface area contributed by atoms with Crippen LogP contribution in [0, 0.1) is 0 Å². The van der Waals surface area contributed by atoms with Gasteiger partial charge in [-0.1, -0.05) is 12.1 Å². The molecule has 1 aliphatic heterocycles. The average molecular weight is 343 g/mol. The second-order valence-corrected chi connectivity index (χ2v) is 5.97. The Morgan fingerprint density at radius 3 is 2.80 bits per heavy atom. The van der Waals surface area contributed by atoms with Crippen LogP contribution in [0.2, 0.25) is 0 Å². The second kappa shape index (κ2) is 8.04. The highest BCUT2D eigenvalue weighted by molar-refractivity contribution is 6.07. The molecular weight excluding hydrogens is 322 g/mol. The van der Waals surface area contributed by atoms with Gasteiger partial charge in [-0.05, 0) is 25.1 Å². The number of aromatic carboxylic acids is 1. The molecule has 0 spiro atoms. The average Bonchev–Trinajstić information content (AvgIpc) is 2.62. The van der Waals surface area contributed by atoms with Gasteiger partial charge in [0.15, 0.2) is 0 Å².